The molecular formula is C24H25N5OS. The Bertz CT molecular complexity index is 1080. The Balaban J connectivity index is 1.47. The van der Waals surface area contributed by atoms with Gasteiger partial charge in [0.2, 0.25) is 0 Å². The number of carbonyl (C=O) groups excluding carboxylic acids is 1. The van der Waals surface area contributed by atoms with E-state index < -0.39 is 0 Å². The van der Waals surface area contributed by atoms with Gasteiger partial charge in [0, 0.05) is 31.5 Å². The van der Waals surface area contributed by atoms with Crippen molar-refractivity contribution in [2.75, 3.05) is 13.1 Å². The van der Waals surface area contributed by atoms with E-state index in [9.17, 15) is 4.79 Å². The summed E-state index contributed by atoms with van der Waals surface area (Å²) >= 11 is 1.45. The van der Waals surface area contributed by atoms with E-state index in [1.165, 1.54) is 11.3 Å². The zero-order valence-corrected chi connectivity index (χ0v) is 18.5. The van der Waals surface area contributed by atoms with Crippen molar-refractivity contribution in [3.63, 3.8) is 0 Å². The number of amides is 1. The van der Waals surface area contributed by atoms with Crippen LogP contribution in [0.3, 0.4) is 0 Å². The molecule has 7 heteroatoms. The Kier molecular flexibility index (Phi) is 6.40. The van der Waals surface area contributed by atoms with E-state index in [-0.39, 0.29) is 18.0 Å². The van der Waals surface area contributed by atoms with Gasteiger partial charge in [0.05, 0.1) is 28.4 Å². The first-order chi connectivity index (χ1) is 15.0. The Labute approximate surface area is 186 Å². The zero-order valence-electron chi connectivity index (χ0n) is 17.7. The van der Waals surface area contributed by atoms with E-state index in [1.807, 2.05) is 50.4 Å². The minimum atomic E-state index is -0.0162. The lowest BCUT2D eigenvalue weighted by Crippen LogP contribution is -2.45. The number of thiazole rings is 1. The molecule has 1 atom stereocenters. The molecule has 31 heavy (non-hydrogen) atoms. The second-order valence-electron chi connectivity index (χ2n) is 7.85. The molecule has 3 aromatic rings. The van der Waals surface area contributed by atoms with E-state index in [4.69, 9.17) is 5.26 Å². The number of hydrogen-bond donors (Lipinski definition) is 1. The van der Waals surface area contributed by atoms with Crippen LogP contribution in [-0.2, 0) is 0 Å². The number of carbonyl (C=O) groups is 1. The van der Waals surface area contributed by atoms with Crippen molar-refractivity contribution in [2.45, 2.75) is 38.8 Å². The lowest BCUT2D eigenvalue weighted by Gasteiger charge is -2.38. The molecule has 1 saturated heterocycles. The van der Waals surface area contributed by atoms with Crippen LogP contribution in [-0.4, -0.2) is 39.9 Å². The van der Waals surface area contributed by atoms with Gasteiger partial charge in [-0.25, -0.2) is 4.98 Å². The van der Waals surface area contributed by atoms with E-state index in [0.29, 0.717) is 10.4 Å². The lowest BCUT2D eigenvalue weighted by molar-refractivity contribution is 0.0903. The smallest absolute Gasteiger partial charge is 0.263 e. The Morgan fingerprint density at radius 3 is 2.52 bits per heavy atom. The molecule has 1 N–H and O–H groups in total. The maximum Gasteiger partial charge on any atom is 0.263 e. The fourth-order valence-corrected chi connectivity index (χ4v) is 5.01. The Morgan fingerprint density at radius 2 is 1.94 bits per heavy atom. The topological polar surface area (TPSA) is 81.9 Å². The lowest BCUT2D eigenvalue weighted by atomic mass is 9.94. The molecule has 2 aromatic heterocycles. The monoisotopic (exact) mass is 431 g/mol. The third kappa shape index (κ3) is 4.82. The predicted octanol–water partition coefficient (Wildman–Crippen LogP) is 4.01. The molecule has 6 nitrogen and oxygen atoms in total. The molecule has 0 aliphatic carbocycles. The number of likely N-dealkylation sites (tertiary alicyclic amines) is 1. The Morgan fingerprint density at radius 1 is 1.19 bits per heavy atom. The van der Waals surface area contributed by atoms with Crippen LogP contribution >= 0.6 is 11.3 Å². The summed E-state index contributed by atoms with van der Waals surface area (Å²) in [5.74, 6) is -0.0162. The van der Waals surface area contributed by atoms with Crippen molar-refractivity contribution in [3.05, 3.63) is 81.1 Å². The van der Waals surface area contributed by atoms with Gasteiger partial charge in [0.25, 0.3) is 5.91 Å². The minimum absolute atomic E-state index is 0.0162. The highest BCUT2D eigenvalue weighted by Gasteiger charge is 2.29. The van der Waals surface area contributed by atoms with Crippen LogP contribution in [0.15, 0.2) is 48.8 Å². The second kappa shape index (κ2) is 9.38. The molecule has 158 valence electrons. The van der Waals surface area contributed by atoms with Crippen LogP contribution in [0.2, 0.25) is 0 Å². The third-order valence-electron chi connectivity index (χ3n) is 5.70. The first kappa shape index (κ1) is 21.2. The van der Waals surface area contributed by atoms with Gasteiger partial charge in [0.15, 0.2) is 0 Å². The molecule has 1 unspecified atom stereocenters. The third-order valence-corrected chi connectivity index (χ3v) is 6.77. The number of nitrogens with zero attached hydrogens (tertiary/aromatic N) is 4. The second-order valence-corrected chi connectivity index (χ2v) is 9.06. The van der Waals surface area contributed by atoms with Gasteiger partial charge in [-0.1, -0.05) is 18.2 Å². The van der Waals surface area contributed by atoms with Gasteiger partial charge < -0.3 is 5.32 Å². The number of rotatable bonds is 5. The average Bonchev–Trinajstić information content (AvgIpc) is 3.14. The molecule has 1 fully saturated rings. The summed E-state index contributed by atoms with van der Waals surface area (Å²) in [7, 11) is 0. The molecule has 1 aromatic carbocycles. The number of benzene rings is 1. The van der Waals surface area contributed by atoms with E-state index >= 15 is 0 Å². The summed E-state index contributed by atoms with van der Waals surface area (Å²) in [4.78, 5) is 24.5. The molecule has 3 heterocycles. The van der Waals surface area contributed by atoms with Crippen LogP contribution in [0, 0.1) is 25.2 Å². The fraction of sp³-hybridized carbons (Fsp3) is 0.333. The average molecular weight is 432 g/mol. The summed E-state index contributed by atoms with van der Waals surface area (Å²) in [6.07, 6.45) is 5.46. The fourth-order valence-electron chi connectivity index (χ4n) is 4.19. The van der Waals surface area contributed by atoms with Crippen molar-refractivity contribution in [1.29, 1.82) is 5.26 Å². The summed E-state index contributed by atoms with van der Waals surface area (Å²) in [6, 6.07) is 14.3. The standard InChI is InChI=1S/C24H25N5OS/c1-16-23(31-17(2)27-16)24(30)28-21-9-12-29(13-10-21)22(20-4-3-11-26-15-20)19-7-5-18(14-25)6-8-19/h3-8,11,15,21-22H,9-10,12-13H2,1-2H3,(H,28,30). The first-order valence-corrected chi connectivity index (χ1v) is 11.3. The number of hydrogen-bond acceptors (Lipinski definition) is 6. The molecule has 0 radical (unpaired) electrons. The molecule has 0 saturated carbocycles. The maximum absolute atomic E-state index is 12.7. The van der Waals surface area contributed by atoms with Crippen LogP contribution < -0.4 is 5.32 Å². The van der Waals surface area contributed by atoms with Crippen molar-refractivity contribution in [3.8, 4) is 6.07 Å². The van der Waals surface area contributed by atoms with Crippen molar-refractivity contribution < 1.29 is 4.79 Å². The van der Waals surface area contributed by atoms with Gasteiger partial charge in [-0.05, 0) is 56.0 Å². The molecule has 1 amide bonds. The predicted molar refractivity (Wildman–Crippen MR) is 121 cm³/mol. The minimum Gasteiger partial charge on any atom is -0.348 e. The first-order valence-electron chi connectivity index (χ1n) is 10.4. The van der Waals surface area contributed by atoms with E-state index in [0.717, 1.165) is 47.8 Å². The van der Waals surface area contributed by atoms with Gasteiger partial charge in [-0.2, -0.15) is 5.26 Å². The normalized spacial score (nSPS) is 15.9. The van der Waals surface area contributed by atoms with Crippen LogP contribution in [0.1, 0.15) is 55.9 Å². The quantitative estimate of drug-likeness (QED) is 0.660. The molecule has 4 rings (SSSR count). The van der Waals surface area contributed by atoms with Crippen molar-refractivity contribution in [2.24, 2.45) is 0 Å². The molecule has 1 aliphatic rings. The van der Waals surface area contributed by atoms with Crippen LogP contribution in [0.5, 0.6) is 0 Å². The highest BCUT2D eigenvalue weighted by atomic mass is 32.1. The van der Waals surface area contributed by atoms with Crippen molar-refractivity contribution >= 4 is 17.2 Å². The number of aromatic nitrogens is 2. The van der Waals surface area contributed by atoms with Gasteiger partial charge in [-0.15, -0.1) is 11.3 Å². The van der Waals surface area contributed by atoms with E-state index in [2.05, 4.69) is 32.3 Å². The van der Waals surface area contributed by atoms with Crippen molar-refractivity contribution in [1.82, 2.24) is 20.2 Å². The number of nitrogens with one attached hydrogen (secondary N) is 1. The van der Waals surface area contributed by atoms with Crippen LogP contribution in [0.4, 0.5) is 0 Å². The van der Waals surface area contributed by atoms with Gasteiger partial charge in [-0.3, -0.25) is 14.7 Å². The SMILES string of the molecule is Cc1nc(C)c(C(=O)NC2CCN(C(c3ccc(C#N)cc3)c3cccnc3)CC2)s1. The zero-order chi connectivity index (χ0) is 21.8. The molecule has 0 bridgehead atoms. The number of piperidine rings is 1. The highest BCUT2D eigenvalue weighted by molar-refractivity contribution is 7.13. The van der Waals surface area contributed by atoms with Crippen LogP contribution in [0.25, 0.3) is 0 Å². The number of nitriles is 1. The van der Waals surface area contributed by atoms with E-state index in [1.54, 1.807) is 6.20 Å². The highest BCUT2D eigenvalue weighted by Crippen LogP contribution is 2.31. The summed E-state index contributed by atoms with van der Waals surface area (Å²) in [5, 5.41) is 13.2. The largest absolute Gasteiger partial charge is 0.348 e. The maximum atomic E-state index is 12.7. The molecule has 1 aliphatic heterocycles. The van der Waals surface area contributed by atoms with Gasteiger partial charge in [0.1, 0.15) is 4.88 Å². The summed E-state index contributed by atoms with van der Waals surface area (Å²) < 4.78 is 0. The molecular weight excluding hydrogens is 406 g/mol. The summed E-state index contributed by atoms with van der Waals surface area (Å²) in [6.45, 7) is 5.54. The Hall–Kier alpha value is -3.08. The molecule has 0 spiro atoms. The summed E-state index contributed by atoms with van der Waals surface area (Å²) in [5.41, 5.74) is 3.73. The number of pyridine rings is 1. The number of aryl methyl sites for hydroxylation is 2. The van der Waals surface area contributed by atoms with Gasteiger partial charge >= 0.3 is 0 Å².